The summed E-state index contributed by atoms with van der Waals surface area (Å²) in [6.45, 7) is 2.99. The summed E-state index contributed by atoms with van der Waals surface area (Å²) >= 11 is 13.2. The fraction of sp³-hybridized carbons (Fsp3) is 0.200. The number of halogens is 3. The third-order valence-electron chi connectivity index (χ3n) is 2.81. The molecular weight excluding hydrogens is 389 g/mol. The fourth-order valence-electron chi connectivity index (χ4n) is 2.06. The molecule has 1 N–H and O–H groups in total. The van der Waals surface area contributed by atoms with Crippen molar-refractivity contribution in [3.8, 4) is 0 Å². The molecule has 1 atom stereocenters. The van der Waals surface area contributed by atoms with Gasteiger partial charge in [-0.1, -0.05) is 62.5 Å². The summed E-state index contributed by atoms with van der Waals surface area (Å²) in [5.41, 5.74) is 2.37. The van der Waals surface area contributed by atoms with Crippen LogP contribution >= 0.6 is 43.5 Å². The number of hydrogen-bond acceptors (Lipinski definition) is 1. The maximum Gasteiger partial charge on any atom is 0.0577 e. The molecule has 1 unspecified atom stereocenters. The van der Waals surface area contributed by atoms with Crippen molar-refractivity contribution in [2.75, 3.05) is 6.54 Å². The SMILES string of the molecule is CCNC(c1cccc(Cl)c1)c1cc(Br)cc(Br)c1. The lowest BCUT2D eigenvalue weighted by molar-refractivity contribution is 0.630. The van der Waals surface area contributed by atoms with E-state index in [0.29, 0.717) is 0 Å². The highest BCUT2D eigenvalue weighted by molar-refractivity contribution is 9.11. The van der Waals surface area contributed by atoms with Gasteiger partial charge >= 0.3 is 0 Å². The van der Waals surface area contributed by atoms with Gasteiger partial charge in [0.25, 0.3) is 0 Å². The molecule has 0 heterocycles. The Labute approximate surface area is 135 Å². The van der Waals surface area contributed by atoms with Crippen LogP contribution in [0.1, 0.15) is 24.1 Å². The van der Waals surface area contributed by atoms with Gasteiger partial charge in [0.1, 0.15) is 0 Å². The first kappa shape index (κ1) is 15.0. The average molecular weight is 404 g/mol. The second-order valence-electron chi connectivity index (χ2n) is 4.25. The minimum atomic E-state index is 0.137. The first-order valence-electron chi connectivity index (χ1n) is 6.05. The maximum atomic E-state index is 6.09. The molecule has 1 nitrogen and oxygen atoms in total. The Morgan fingerprint density at radius 3 is 2.32 bits per heavy atom. The molecule has 4 heteroatoms. The van der Waals surface area contributed by atoms with Gasteiger partial charge in [0.15, 0.2) is 0 Å². The van der Waals surface area contributed by atoms with Gasteiger partial charge in [-0.15, -0.1) is 0 Å². The normalized spacial score (nSPS) is 12.4. The van der Waals surface area contributed by atoms with Crippen molar-refractivity contribution in [1.82, 2.24) is 5.32 Å². The van der Waals surface area contributed by atoms with Gasteiger partial charge in [-0.05, 0) is 48.0 Å². The van der Waals surface area contributed by atoms with Gasteiger partial charge < -0.3 is 5.32 Å². The maximum absolute atomic E-state index is 6.09. The van der Waals surface area contributed by atoms with Crippen LogP contribution in [0.25, 0.3) is 0 Å². The monoisotopic (exact) mass is 401 g/mol. The molecule has 0 saturated carbocycles. The summed E-state index contributed by atoms with van der Waals surface area (Å²) in [4.78, 5) is 0. The van der Waals surface area contributed by atoms with Crippen LogP contribution < -0.4 is 5.32 Å². The lowest BCUT2D eigenvalue weighted by Gasteiger charge is -2.20. The van der Waals surface area contributed by atoms with E-state index in [9.17, 15) is 0 Å². The van der Waals surface area contributed by atoms with Gasteiger partial charge in [-0.3, -0.25) is 0 Å². The molecule has 2 aromatic carbocycles. The Kier molecular flexibility index (Phi) is 5.46. The summed E-state index contributed by atoms with van der Waals surface area (Å²) in [6.07, 6.45) is 0. The summed E-state index contributed by atoms with van der Waals surface area (Å²) in [5, 5.41) is 4.26. The molecule has 0 fully saturated rings. The van der Waals surface area contributed by atoms with Gasteiger partial charge in [-0.2, -0.15) is 0 Å². The van der Waals surface area contributed by atoms with Gasteiger partial charge in [0, 0.05) is 14.0 Å². The molecule has 0 aliphatic rings. The summed E-state index contributed by atoms with van der Waals surface area (Å²) in [5.74, 6) is 0. The lowest BCUT2D eigenvalue weighted by Crippen LogP contribution is -2.22. The van der Waals surface area contributed by atoms with Crippen molar-refractivity contribution in [3.05, 3.63) is 67.6 Å². The van der Waals surface area contributed by atoms with Crippen molar-refractivity contribution < 1.29 is 0 Å². The first-order valence-corrected chi connectivity index (χ1v) is 8.01. The topological polar surface area (TPSA) is 12.0 Å². The highest BCUT2D eigenvalue weighted by atomic mass is 79.9. The van der Waals surface area contributed by atoms with Crippen LogP contribution in [0.2, 0.25) is 5.02 Å². The van der Waals surface area contributed by atoms with Crippen LogP contribution in [-0.4, -0.2) is 6.54 Å². The molecule has 0 bridgehead atoms. The molecule has 0 aromatic heterocycles. The molecule has 0 saturated heterocycles. The first-order chi connectivity index (χ1) is 9.10. The van der Waals surface area contributed by atoms with E-state index in [1.54, 1.807) is 0 Å². The van der Waals surface area contributed by atoms with E-state index >= 15 is 0 Å². The molecule has 19 heavy (non-hydrogen) atoms. The number of benzene rings is 2. The van der Waals surface area contributed by atoms with E-state index in [1.165, 1.54) is 11.1 Å². The van der Waals surface area contributed by atoms with Crippen LogP contribution in [0, 0.1) is 0 Å². The van der Waals surface area contributed by atoms with Crippen molar-refractivity contribution in [1.29, 1.82) is 0 Å². The predicted octanol–water partition coefficient (Wildman–Crippen LogP) is 5.56. The molecule has 0 amide bonds. The smallest absolute Gasteiger partial charge is 0.0577 e. The second kappa shape index (κ2) is 6.89. The molecule has 100 valence electrons. The molecule has 0 spiro atoms. The third kappa shape index (κ3) is 4.06. The summed E-state index contributed by atoms with van der Waals surface area (Å²) < 4.78 is 2.11. The molecule has 0 aliphatic heterocycles. The lowest BCUT2D eigenvalue weighted by atomic mass is 9.99. The standard InChI is InChI=1S/C15H14Br2ClN/c1-2-19-15(10-4-3-5-14(18)8-10)11-6-12(16)9-13(17)7-11/h3-9,15,19H,2H2,1H3. The Morgan fingerprint density at radius 2 is 1.74 bits per heavy atom. The van der Waals surface area contributed by atoms with Gasteiger partial charge in [0.05, 0.1) is 6.04 Å². The van der Waals surface area contributed by atoms with Crippen LogP contribution in [0.4, 0.5) is 0 Å². The molecule has 0 radical (unpaired) electrons. The minimum Gasteiger partial charge on any atom is -0.307 e. The van der Waals surface area contributed by atoms with Crippen molar-refractivity contribution >= 4 is 43.5 Å². The number of nitrogens with one attached hydrogen (secondary N) is 1. The largest absolute Gasteiger partial charge is 0.307 e. The van der Waals surface area contributed by atoms with E-state index in [2.05, 4.69) is 62.3 Å². The Morgan fingerprint density at radius 1 is 1.05 bits per heavy atom. The molecular formula is C15H14Br2ClN. The Bertz CT molecular complexity index is 552. The zero-order valence-corrected chi connectivity index (χ0v) is 14.4. The Hall–Kier alpha value is -0.350. The Balaban J connectivity index is 2.44. The minimum absolute atomic E-state index is 0.137. The van der Waals surface area contributed by atoms with Crippen LogP contribution in [-0.2, 0) is 0 Å². The van der Waals surface area contributed by atoms with Crippen LogP contribution in [0.15, 0.2) is 51.4 Å². The summed E-state index contributed by atoms with van der Waals surface area (Å²) in [7, 11) is 0. The summed E-state index contributed by atoms with van der Waals surface area (Å²) in [6, 6.07) is 14.4. The fourth-order valence-corrected chi connectivity index (χ4v) is 3.59. The quantitative estimate of drug-likeness (QED) is 0.704. The van der Waals surface area contributed by atoms with E-state index in [1.807, 2.05) is 24.3 Å². The third-order valence-corrected chi connectivity index (χ3v) is 3.96. The van der Waals surface area contributed by atoms with Crippen LogP contribution in [0.3, 0.4) is 0 Å². The highest BCUT2D eigenvalue weighted by Gasteiger charge is 2.14. The van der Waals surface area contributed by atoms with E-state index in [4.69, 9.17) is 11.6 Å². The van der Waals surface area contributed by atoms with Crippen molar-refractivity contribution in [3.63, 3.8) is 0 Å². The number of rotatable bonds is 4. The van der Waals surface area contributed by atoms with Crippen molar-refractivity contribution in [2.45, 2.75) is 13.0 Å². The van der Waals surface area contributed by atoms with Gasteiger partial charge in [0.2, 0.25) is 0 Å². The highest BCUT2D eigenvalue weighted by Crippen LogP contribution is 2.29. The predicted molar refractivity (Wildman–Crippen MR) is 88.8 cm³/mol. The zero-order valence-electron chi connectivity index (χ0n) is 10.5. The van der Waals surface area contributed by atoms with Gasteiger partial charge in [-0.25, -0.2) is 0 Å². The molecule has 2 aromatic rings. The second-order valence-corrected chi connectivity index (χ2v) is 6.52. The van der Waals surface area contributed by atoms with Crippen LogP contribution in [0.5, 0.6) is 0 Å². The van der Waals surface area contributed by atoms with E-state index < -0.39 is 0 Å². The molecule has 2 rings (SSSR count). The zero-order chi connectivity index (χ0) is 13.8. The number of hydrogen-bond donors (Lipinski definition) is 1. The average Bonchev–Trinajstić information content (AvgIpc) is 2.34. The molecule has 0 aliphatic carbocycles. The van der Waals surface area contributed by atoms with E-state index in [0.717, 1.165) is 20.5 Å². The van der Waals surface area contributed by atoms with Crippen molar-refractivity contribution in [2.24, 2.45) is 0 Å². The van der Waals surface area contributed by atoms with E-state index in [-0.39, 0.29) is 6.04 Å².